The fourth-order valence-electron chi connectivity index (χ4n) is 8.54. The zero-order valence-electron chi connectivity index (χ0n) is 33.8. The van der Waals surface area contributed by atoms with Gasteiger partial charge in [-0.25, -0.2) is 28.8 Å². The Labute approximate surface area is 345 Å². The number of allylic oxidation sites excluding steroid dienone is 8. The maximum absolute atomic E-state index is 12.9. The molecule has 0 radical (unpaired) electrons. The highest BCUT2D eigenvalue weighted by molar-refractivity contribution is 6.16. The van der Waals surface area contributed by atoms with E-state index >= 15 is 0 Å². The van der Waals surface area contributed by atoms with E-state index in [0.717, 1.165) is 25.7 Å². The molecule has 0 amide bonds. The number of aliphatic hydroxyl groups excluding tert-OH is 2. The summed E-state index contributed by atoms with van der Waals surface area (Å²) in [7, 11) is 0. The first-order valence-corrected chi connectivity index (χ1v) is 20.2. The van der Waals surface area contributed by atoms with Crippen molar-refractivity contribution in [3.63, 3.8) is 0 Å². The third-order valence-corrected chi connectivity index (χ3v) is 12.2. The van der Waals surface area contributed by atoms with E-state index in [1.165, 1.54) is 60.8 Å². The second-order valence-corrected chi connectivity index (χ2v) is 16.6. The van der Waals surface area contributed by atoms with E-state index in [0.29, 0.717) is 12.8 Å². The van der Waals surface area contributed by atoms with Crippen LogP contribution in [-0.2, 0) is 66.7 Å². The van der Waals surface area contributed by atoms with Crippen molar-refractivity contribution in [3.05, 3.63) is 94.9 Å². The van der Waals surface area contributed by atoms with Crippen molar-refractivity contribution in [2.75, 3.05) is 0 Å². The quantitative estimate of drug-likeness (QED) is 0.0998. The maximum atomic E-state index is 12.9. The Morgan fingerprint density at radius 3 is 1.13 bits per heavy atom. The standard InChI is InChI=1S/C44H48O16/c1-25-15-17-27(3)43(23-25)57-37(49)31(38(50)58-43)13-9-5-7-11-29-33(45)53-41(54-34(29)46)19-21-42(22-20-41)55-35(47)30(36(48)56-42)12-8-6-10-14-32-39(51)59-44(60-40(32)52)24-26(2)16-18-28(44)4/h5-14,25-28,49,51H,15-24H2,1-4H3/b7-5+,8-6?,13-9+,14-10?,29-11?,30-12?. The van der Waals surface area contributed by atoms with Crippen LogP contribution < -0.4 is 0 Å². The summed E-state index contributed by atoms with van der Waals surface area (Å²) in [5.74, 6) is -11.8. The lowest BCUT2D eigenvalue weighted by atomic mass is 9.78. The molecule has 0 aromatic carbocycles. The molecule has 0 bridgehead atoms. The minimum Gasteiger partial charge on any atom is -0.480 e. The van der Waals surface area contributed by atoms with Crippen LogP contribution in [-0.4, -0.2) is 69.2 Å². The van der Waals surface area contributed by atoms with Gasteiger partial charge in [-0.1, -0.05) is 64.2 Å². The Bertz CT molecular complexity index is 1910. The molecule has 320 valence electrons. The minimum atomic E-state index is -1.67. The predicted octanol–water partition coefficient (Wildman–Crippen LogP) is 6.22. The molecule has 0 aromatic heterocycles. The summed E-state index contributed by atoms with van der Waals surface area (Å²) in [6.45, 7) is 7.87. The third-order valence-electron chi connectivity index (χ3n) is 12.2. The second-order valence-electron chi connectivity index (χ2n) is 16.6. The van der Waals surface area contributed by atoms with E-state index in [9.17, 15) is 39.0 Å². The summed E-state index contributed by atoms with van der Waals surface area (Å²) < 4.78 is 45.0. The molecule has 7 rings (SSSR count). The molecule has 3 saturated carbocycles. The Hall–Kier alpha value is -6.06. The van der Waals surface area contributed by atoms with Gasteiger partial charge in [-0.3, -0.25) is 0 Å². The summed E-state index contributed by atoms with van der Waals surface area (Å²) in [6.07, 6.45) is 17.1. The van der Waals surface area contributed by atoms with Crippen LogP contribution >= 0.6 is 0 Å². The number of hydrogen-bond acceptors (Lipinski definition) is 16. The molecular weight excluding hydrogens is 784 g/mol. The van der Waals surface area contributed by atoms with E-state index in [2.05, 4.69) is 0 Å². The van der Waals surface area contributed by atoms with Crippen molar-refractivity contribution in [1.29, 1.82) is 0 Å². The molecular formula is C44H48O16. The first kappa shape index (κ1) is 42.1. The van der Waals surface area contributed by atoms with Gasteiger partial charge in [0.05, 0.1) is 0 Å². The molecule has 4 aliphatic heterocycles. The van der Waals surface area contributed by atoms with Crippen LogP contribution in [0.2, 0.25) is 0 Å². The molecule has 5 fully saturated rings. The summed E-state index contributed by atoms with van der Waals surface area (Å²) in [4.78, 5) is 77.3. The molecule has 60 heavy (non-hydrogen) atoms. The topological polar surface area (TPSA) is 217 Å². The van der Waals surface area contributed by atoms with E-state index < -0.39 is 82.0 Å². The molecule has 16 nitrogen and oxygen atoms in total. The van der Waals surface area contributed by atoms with Gasteiger partial charge in [0, 0.05) is 50.4 Å². The van der Waals surface area contributed by atoms with Crippen molar-refractivity contribution in [2.24, 2.45) is 23.7 Å². The SMILES string of the molecule is CC1CCC(C)C2(C1)OC(=O)C(C=CC=CC=C1C(=O)OC3(CCC4(CC3)OC(=O)C(=C/C=C/C=C/C3=C(O)OC5(CC(C)CCC5C)OC3=O)C(=O)O4)OC1=O)=C(O)O2. The zero-order valence-corrected chi connectivity index (χ0v) is 33.8. The Morgan fingerprint density at radius 1 is 0.450 bits per heavy atom. The number of carbonyl (C=O) groups is 6. The zero-order chi connectivity index (χ0) is 43.0. The van der Waals surface area contributed by atoms with E-state index in [1.54, 1.807) is 0 Å². The average molecular weight is 833 g/mol. The molecule has 16 heteroatoms. The molecule has 2 N–H and O–H groups in total. The average Bonchev–Trinajstić information content (AvgIpc) is 3.16. The van der Waals surface area contributed by atoms with Crippen LogP contribution in [0.5, 0.6) is 0 Å². The molecule has 6 atom stereocenters. The van der Waals surface area contributed by atoms with Gasteiger partial charge >= 0.3 is 35.8 Å². The number of esters is 6. The van der Waals surface area contributed by atoms with Gasteiger partial charge in [-0.2, -0.15) is 0 Å². The smallest absolute Gasteiger partial charge is 0.348 e. The van der Waals surface area contributed by atoms with Crippen LogP contribution in [0.3, 0.4) is 0 Å². The Morgan fingerprint density at radius 2 is 0.800 bits per heavy atom. The molecule has 4 heterocycles. The van der Waals surface area contributed by atoms with Crippen molar-refractivity contribution < 1.29 is 76.9 Å². The lowest BCUT2D eigenvalue weighted by Gasteiger charge is -2.45. The van der Waals surface area contributed by atoms with Gasteiger partial charge in [-0.15, -0.1) is 0 Å². The molecule has 6 unspecified atom stereocenters. The third kappa shape index (κ3) is 8.23. The number of ether oxygens (including phenoxy) is 8. The predicted molar refractivity (Wildman–Crippen MR) is 205 cm³/mol. The van der Waals surface area contributed by atoms with Gasteiger partial charge in [0.2, 0.25) is 0 Å². The molecule has 2 saturated heterocycles. The van der Waals surface area contributed by atoms with Gasteiger partial charge in [0.15, 0.2) is 0 Å². The number of aliphatic hydroxyl groups is 2. The van der Waals surface area contributed by atoms with E-state index in [4.69, 9.17) is 37.9 Å². The monoisotopic (exact) mass is 832 g/mol. The summed E-state index contributed by atoms with van der Waals surface area (Å²) in [5.41, 5.74) is -1.17. The van der Waals surface area contributed by atoms with Crippen molar-refractivity contribution in [1.82, 2.24) is 0 Å². The van der Waals surface area contributed by atoms with E-state index in [1.807, 2.05) is 27.7 Å². The maximum Gasteiger partial charge on any atom is 0.348 e. The van der Waals surface area contributed by atoms with Crippen LogP contribution in [0.15, 0.2) is 94.9 Å². The normalized spacial score (nSPS) is 36.2. The highest BCUT2D eigenvalue weighted by Gasteiger charge is 2.57. The van der Waals surface area contributed by atoms with E-state index in [-0.39, 0.29) is 60.5 Å². The van der Waals surface area contributed by atoms with Gasteiger partial charge in [0.1, 0.15) is 22.3 Å². The molecule has 3 aliphatic carbocycles. The van der Waals surface area contributed by atoms with Gasteiger partial charge < -0.3 is 48.1 Å². The van der Waals surface area contributed by atoms with Crippen LogP contribution in [0, 0.1) is 23.7 Å². The van der Waals surface area contributed by atoms with Gasteiger partial charge in [0.25, 0.3) is 35.0 Å². The molecule has 7 aliphatic rings. The molecule has 0 aromatic rings. The number of rotatable bonds is 6. The van der Waals surface area contributed by atoms with Gasteiger partial charge in [-0.05, 0) is 61.8 Å². The number of hydrogen-bond donors (Lipinski definition) is 2. The second kappa shape index (κ2) is 16.2. The highest BCUT2D eigenvalue weighted by Crippen LogP contribution is 2.47. The lowest BCUT2D eigenvalue weighted by Crippen LogP contribution is -2.56. The molecule has 4 spiro atoms. The Kier molecular flexibility index (Phi) is 11.3. The minimum absolute atomic E-state index is 0.0999. The first-order valence-electron chi connectivity index (χ1n) is 20.2. The van der Waals surface area contributed by atoms with Crippen LogP contribution in [0.4, 0.5) is 0 Å². The highest BCUT2D eigenvalue weighted by atomic mass is 16.8. The summed E-state index contributed by atoms with van der Waals surface area (Å²) in [6, 6.07) is 0. The van der Waals surface area contributed by atoms with Crippen molar-refractivity contribution in [2.45, 2.75) is 115 Å². The van der Waals surface area contributed by atoms with Crippen LogP contribution in [0.1, 0.15) is 91.9 Å². The number of carbonyl (C=O) groups excluding carboxylic acids is 6. The van der Waals surface area contributed by atoms with Crippen LogP contribution in [0.25, 0.3) is 0 Å². The first-order chi connectivity index (χ1) is 28.5. The van der Waals surface area contributed by atoms with Crippen molar-refractivity contribution in [3.8, 4) is 0 Å². The van der Waals surface area contributed by atoms with Crippen molar-refractivity contribution >= 4 is 35.8 Å². The fourth-order valence-corrected chi connectivity index (χ4v) is 8.54. The lowest BCUT2D eigenvalue weighted by molar-refractivity contribution is -0.291. The fraction of sp³-hybridized carbons (Fsp3) is 0.500. The Balaban J connectivity index is 0.904. The summed E-state index contributed by atoms with van der Waals surface area (Å²) >= 11 is 0. The summed E-state index contributed by atoms with van der Waals surface area (Å²) in [5, 5.41) is 21.1. The largest absolute Gasteiger partial charge is 0.480 e.